The van der Waals surface area contributed by atoms with Crippen LogP contribution in [0.1, 0.15) is 132 Å². The molecule has 1 aromatic rings. The van der Waals surface area contributed by atoms with Gasteiger partial charge >= 0.3 is 0 Å². The molecule has 8 aliphatic carbocycles. The van der Waals surface area contributed by atoms with Crippen LogP contribution in [0, 0.1) is 64.1 Å². The van der Waals surface area contributed by atoms with Crippen LogP contribution < -0.4 is 5.32 Å². The summed E-state index contributed by atoms with van der Waals surface area (Å²) >= 11 is 0. The lowest BCUT2D eigenvalue weighted by atomic mass is 9.66. The highest BCUT2D eigenvalue weighted by molar-refractivity contribution is 5.59. The van der Waals surface area contributed by atoms with Gasteiger partial charge in [-0.1, -0.05) is 62.5 Å². The van der Waals surface area contributed by atoms with Gasteiger partial charge in [-0.2, -0.15) is 5.26 Å². The van der Waals surface area contributed by atoms with Gasteiger partial charge in [0.2, 0.25) is 0 Å². The second kappa shape index (κ2) is 14.2. The second-order valence-electron chi connectivity index (χ2n) is 19.7. The lowest BCUT2D eigenvalue weighted by molar-refractivity contribution is 0.0366. The Morgan fingerprint density at radius 1 is 0.907 bits per heavy atom. The van der Waals surface area contributed by atoms with Crippen LogP contribution in [0.15, 0.2) is 66.5 Å². The van der Waals surface area contributed by atoms with E-state index in [0.717, 1.165) is 43.6 Å². The second-order valence-corrected chi connectivity index (χ2v) is 19.7. The average molecular weight is 723 g/mol. The van der Waals surface area contributed by atoms with Crippen LogP contribution in [0.3, 0.4) is 0 Å². The number of hydrogen-bond acceptors (Lipinski definition) is 3. The van der Waals surface area contributed by atoms with E-state index in [4.69, 9.17) is 0 Å². The fourth-order valence-electron chi connectivity index (χ4n) is 14.7. The summed E-state index contributed by atoms with van der Waals surface area (Å²) in [6.07, 6.45) is 43.0. The van der Waals surface area contributed by atoms with Crippen LogP contribution in [0.2, 0.25) is 0 Å². The molecule has 286 valence electrons. The van der Waals surface area contributed by atoms with Gasteiger partial charge in [0, 0.05) is 41.0 Å². The molecule has 9 aliphatic rings. The first kappa shape index (κ1) is 35.4. The number of nitrogens with one attached hydrogen (secondary N) is 1. The van der Waals surface area contributed by atoms with Gasteiger partial charge in [-0.05, 0) is 173 Å². The molecule has 2 saturated carbocycles. The topological polar surface area (TPSA) is 44.0 Å². The van der Waals surface area contributed by atoms with Crippen molar-refractivity contribution < 1.29 is 0 Å². The van der Waals surface area contributed by atoms with Gasteiger partial charge in [-0.15, -0.1) is 6.58 Å². The van der Waals surface area contributed by atoms with Crippen molar-refractivity contribution in [1.29, 1.82) is 5.26 Å². The predicted octanol–water partition coefficient (Wildman–Crippen LogP) is 10.8. The number of hydrogen-bond donors (Lipinski definition) is 1. The van der Waals surface area contributed by atoms with E-state index in [1.807, 2.05) is 5.57 Å². The molecule has 0 bridgehead atoms. The Morgan fingerprint density at radius 3 is 2.61 bits per heavy atom. The summed E-state index contributed by atoms with van der Waals surface area (Å²) in [7, 11) is 0. The van der Waals surface area contributed by atoms with Crippen molar-refractivity contribution in [3.8, 4) is 6.07 Å². The number of allylic oxidation sites excluding steroid dienone is 7. The minimum absolute atomic E-state index is 0.00486. The van der Waals surface area contributed by atoms with E-state index in [1.165, 1.54) is 95.6 Å². The van der Waals surface area contributed by atoms with E-state index < -0.39 is 0 Å². The van der Waals surface area contributed by atoms with E-state index in [-0.39, 0.29) is 23.4 Å². The van der Waals surface area contributed by atoms with Crippen LogP contribution in [-0.4, -0.2) is 34.1 Å². The summed E-state index contributed by atoms with van der Waals surface area (Å²) in [5.74, 6) is 4.53. The monoisotopic (exact) mass is 723 g/mol. The van der Waals surface area contributed by atoms with Gasteiger partial charge in [0.05, 0.1) is 24.1 Å². The van der Waals surface area contributed by atoms with Gasteiger partial charge in [0.15, 0.2) is 0 Å². The Kier molecular flexibility index (Phi) is 9.28. The van der Waals surface area contributed by atoms with E-state index in [9.17, 15) is 5.26 Å². The van der Waals surface area contributed by atoms with Crippen molar-refractivity contribution in [3.05, 3.63) is 89.0 Å². The molecule has 10 rings (SSSR count). The first-order valence-corrected chi connectivity index (χ1v) is 22.7. The molecule has 12 unspecified atom stereocenters. The molecule has 4 nitrogen and oxygen atoms in total. The van der Waals surface area contributed by atoms with Crippen LogP contribution in [0.4, 0.5) is 0 Å². The van der Waals surface area contributed by atoms with Gasteiger partial charge in [0.25, 0.3) is 0 Å². The molecule has 0 saturated heterocycles. The van der Waals surface area contributed by atoms with Crippen molar-refractivity contribution in [3.63, 3.8) is 0 Å². The fourth-order valence-corrected chi connectivity index (χ4v) is 14.7. The van der Waals surface area contributed by atoms with E-state index in [2.05, 4.69) is 96.0 Å². The third kappa shape index (κ3) is 5.51. The van der Waals surface area contributed by atoms with Crippen LogP contribution in [0.5, 0.6) is 0 Å². The number of rotatable bonds is 7. The summed E-state index contributed by atoms with van der Waals surface area (Å²) in [5.41, 5.74) is 10.2. The van der Waals surface area contributed by atoms with E-state index >= 15 is 0 Å². The molecule has 4 heteroatoms. The largest absolute Gasteiger partial charge is 0.364 e. The zero-order valence-electron chi connectivity index (χ0n) is 33.4. The summed E-state index contributed by atoms with van der Waals surface area (Å²) < 4.78 is 2.80. The molecule has 12 atom stereocenters. The number of fused-ring (bicyclic) bond motifs is 9. The van der Waals surface area contributed by atoms with Crippen molar-refractivity contribution in [2.45, 2.75) is 147 Å². The summed E-state index contributed by atoms with van der Waals surface area (Å²) in [6.45, 7) is 10.9. The highest BCUT2D eigenvalue weighted by atomic mass is 15.3. The standard InChI is InChI=1S/C50H66N4/c1-4-42(52-31-32-16-6-5-7-17-32)40-28-33(30-51)46(53-43-23-13-9-19-35(43)36-20-10-14-24-44(36)53)29-47(40)54-45-25-15-11-21-37(45)39-27-26-38-34-18-8-12-22-41(34)50(2,3)48(38)49(39)54/h4-6,8,13,15,18,23,25,32-34,37-38,40-42,45-48,52H,1,7,9-12,14,16-17,19-22,24,26-29,31H2,2-3H3. The quantitative estimate of drug-likeness (QED) is 0.285. The molecule has 54 heavy (non-hydrogen) atoms. The van der Waals surface area contributed by atoms with E-state index in [0.29, 0.717) is 35.8 Å². The third-order valence-corrected chi connectivity index (χ3v) is 17.0. The molecule has 2 heterocycles. The highest BCUT2D eigenvalue weighted by Gasteiger charge is 2.62. The van der Waals surface area contributed by atoms with Gasteiger partial charge in [-0.3, -0.25) is 0 Å². The Labute approximate surface area is 326 Å². The lowest BCUT2D eigenvalue weighted by Gasteiger charge is -2.52. The minimum Gasteiger partial charge on any atom is -0.364 e. The zero-order valence-corrected chi connectivity index (χ0v) is 33.4. The minimum atomic E-state index is -0.00486. The van der Waals surface area contributed by atoms with Crippen molar-refractivity contribution >= 4 is 6.08 Å². The molecular weight excluding hydrogens is 657 g/mol. The van der Waals surface area contributed by atoms with Crippen LogP contribution in [-0.2, 0) is 19.3 Å². The molecule has 2 fully saturated rings. The normalized spacial score (nSPS) is 39.2. The average Bonchev–Trinajstić information content (AvgIpc) is 3.81. The SMILES string of the molecule is C=CC(NCC1CC=CCC1)C1CC(C#N)C(n2c3c(c4c2CCCC4)CCC=C3)CC1N1C2=C(CCC3C4C=CCCC4C(C)(C)C23)C2CCC=CC21. The van der Waals surface area contributed by atoms with Crippen molar-refractivity contribution in [2.24, 2.45) is 52.8 Å². The molecule has 0 spiro atoms. The van der Waals surface area contributed by atoms with Gasteiger partial charge < -0.3 is 14.8 Å². The summed E-state index contributed by atoms with van der Waals surface area (Å²) in [4.78, 5) is 3.13. The maximum atomic E-state index is 11.2. The molecule has 1 N–H and O–H groups in total. The molecular formula is C50H66N4. The number of aromatic nitrogens is 1. The predicted molar refractivity (Wildman–Crippen MR) is 221 cm³/mol. The highest BCUT2D eigenvalue weighted by Crippen LogP contribution is 2.67. The van der Waals surface area contributed by atoms with Gasteiger partial charge in [-0.25, -0.2) is 0 Å². The first-order chi connectivity index (χ1) is 26.5. The molecule has 0 radical (unpaired) electrons. The summed E-state index contributed by atoms with van der Waals surface area (Å²) in [6, 6.07) is 4.23. The number of nitrogens with zero attached hydrogens (tertiary/aromatic N) is 3. The Bertz CT molecular complexity index is 1820. The Hall–Kier alpha value is -3.03. The third-order valence-electron chi connectivity index (χ3n) is 17.0. The Balaban J connectivity index is 1.10. The van der Waals surface area contributed by atoms with Crippen LogP contribution >= 0.6 is 0 Å². The first-order valence-electron chi connectivity index (χ1n) is 22.7. The molecule has 0 aromatic carbocycles. The fraction of sp³-hybridized carbons (Fsp3) is 0.660. The number of nitriles is 1. The maximum Gasteiger partial charge on any atom is 0.0677 e. The molecule has 1 aromatic heterocycles. The molecule has 1 aliphatic heterocycles. The van der Waals surface area contributed by atoms with Gasteiger partial charge in [0.1, 0.15) is 0 Å². The molecule has 0 amide bonds. The van der Waals surface area contributed by atoms with Crippen molar-refractivity contribution in [2.75, 3.05) is 6.54 Å². The summed E-state index contributed by atoms with van der Waals surface area (Å²) in [5, 5.41) is 15.4. The maximum absolute atomic E-state index is 11.2. The van der Waals surface area contributed by atoms with E-state index in [1.54, 1.807) is 22.5 Å². The lowest BCUT2D eigenvalue weighted by Crippen LogP contribution is -2.56. The van der Waals surface area contributed by atoms with Crippen molar-refractivity contribution in [1.82, 2.24) is 14.8 Å². The smallest absolute Gasteiger partial charge is 0.0677 e. The zero-order chi connectivity index (χ0) is 36.6. The Morgan fingerprint density at radius 2 is 1.76 bits per heavy atom. The van der Waals surface area contributed by atoms with Crippen LogP contribution in [0.25, 0.3) is 6.08 Å².